The number of rotatable bonds is 3. The van der Waals surface area contributed by atoms with Crippen LogP contribution in [-0.4, -0.2) is 26.5 Å². The Morgan fingerprint density at radius 2 is 2.14 bits per heavy atom. The highest BCUT2D eigenvalue weighted by Crippen LogP contribution is 2.20. The summed E-state index contributed by atoms with van der Waals surface area (Å²) in [6.07, 6.45) is 0. The fourth-order valence-electron chi connectivity index (χ4n) is 1.63. The molecular weight excluding hydrogens is 290 g/mol. The van der Waals surface area contributed by atoms with E-state index in [9.17, 15) is 9.59 Å². The van der Waals surface area contributed by atoms with Crippen molar-refractivity contribution in [2.24, 2.45) is 7.05 Å². The highest BCUT2D eigenvalue weighted by molar-refractivity contribution is 7.98. The van der Waals surface area contributed by atoms with Crippen LogP contribution in [-0.2, 0) is 12.8 Å². The van der Waals surface area contributed by atoms with E-state index in [2.05, 4.69) is 21.9 Å². The quantitative estimate of drug-likeness (QED) is 0.477. The molecule has 0 aliphatic carbocycles. The summed E-state index contributed by atoms with van der Waals surface area (Å²) in [6.45, 7) is -0.197. The van der Waals surface area contributed by atoms with Crippen LogP contribution < -0.4 is 11.1 Å². The fourth-order valence-corrected chi connectivity index (χ4v) is 2.56. The summed E-state index contributed by atoms with van der Waals surface area (Å²) in [5.41, 5.74) is 0.234. The van der Waals surface area contributed by atoms with Crippen molar-refractivity contribution < 1.29 is 5.11 Å². The van der Waals surface area contributed by atoms with Gasteiger partial charge in [0, 0.05) is 18.4 Å². The van der Waals surface area contributed by atoms with Gasteiger partial charge in [0.25, 0.3) is 0 Å². The fraction of sp³-hybridized carbons (Fsp3) is 0.214. The molecule has 0 bridgehead atoms. The summed E-state index contributed by atoms with van der Waals surface area (Å²) in [7, 11) is 1.62. The normalized spacial score (nSPS) is 10.0. The maximum Gasteiger partial charge on any atom is 0.339 e. The molecule has 1 aromatic heterocycles. The van der Waals surface area contributed by atoms with Gasteiger partial charge in [0.15, 0.2) is 5.16 Å². The average Bonchev–Trinajstić information content (AvgIpc) is 2.48. The molecule has 0 aliphatic rings. The average molecular weight is 303 g/mol. The summed E-state index contributed by atoms with van der Waals surface area (Å²) in [5.74, 6) is 6.03. The molecule has 108 valence electrons. The molecule has 7 heteroatoms. The van der Waals surface area contributed by atoms with E-state index in [1.165, 1.54) is 16.4 Å². The van der Waals surface area contributed by atoms with Gasteiger partial charge in [-0.1, -0.05) is 41.8 Å². The highest BCUT2D eigenvalue weighted by Gasteiger charge is 2.06. The lowest BCUT2D eigenvalue weighted by Crippen LogP contribution is -2.33. The van der Waals surface area contributed by atoms with Gasteiger partial charge in [-0.05, 0) is 11.6 Å². The van der Waals surface area contributed by atoms with Crippen molar-refractivity contribution >= 4 is 11.8 Å². The van der Waals surface area contributed by atoms with E-state index in [4.69, 9.17) is 5.11 Å². The second-order valence-electron chi connectivity index (χ2n) is 4.11. The third kappa shape index (κ3) is 3.84. The zero-order chi connectivity index (χ0) is 15.2. The number of aromatic amines is 1. The number of aliphatic hydroxyl groups excluding tert-OH is 1. The molecule has 0 atom stereocenters. The van der Waals surface area contributed by atoms with Crippen molar-refractivity contribution in [2.45, 2.75) is 10.9 Å². The summed E-state index contributed by atoms with van der Waals surface area (Å²) in [6, 6.07) is 7.53. The first-order chi connectivity index (χ1) is 10.1. The maximum atomic E-state index is 11.3. The van der Waals surface area contributed by atoms with E-state index in [0.717, 1.165) is 11.1 Å². The summed E-state index contributed by atoms with van der Waals surface area (Å²) in [5, 5.41) is 11.6. The lowest BCUT2D eigenvalue weighted by atomic mass is 10.1. The number of aliphatic hydroxyl groups is 1. The zero-order valence-corrected chi connectivity index (χ0v) is 12.1. The van der Waals surface area contributed by atoms with Crippen molar-refractivity contribution in [3.05, 3.63) is 56.1 Å². The van der Waals surface area contributed by atoms with E-state index in [0.29, 0.717) is 10.9 Å². The molecule has 0 amide bonds. The molecule has 1 aromatic carbocycles. The van der Waals surface area contributed by atoms with Crippen LogP contribution in [0.2, 0.25) is 0 Å². The van der Waals surface area contributed by atoms with Crippen LogP contribution in [0.1, 0.15) is 11.1 Å². The van der Waals surface area contributed by atoms with Gasteiger partial charge in [-0.3, -0.25) is 19.4 Å². The van der Waals surface area contributed by atoms with E-state index < -0.39 is 11.1 Å². The van der Waals surface area contributed by atoms with E-state index in [-0.39, 0.29) is 6.61 Å². The molecular formula is C14H13N3O3S. The number of aromatic nitrogens is 3. The van der Waals surface area contributed by atoms with Crippen molar-refractivity contribution in [3.8, 4) is 11.8 Å². The van der Waals surface area contributed by atoms with Crippen LogP contribution >= 0.6 is 11.8 Å². The number of aryl methyl sites for hydroxylation is 1. The number of H-pyrrole nitrogens is 1. The molecule has 0 aliphatic heterocycles. The minimum atomic E-state index is -0.802. The number of benzene rings is 1. The van der Waals surface area contributed by atoms with Gasteiger partial charge < -0.3 is 5.11 Å². The van der Waals surface area contributed by atoms with Gasteiger partial charge in [0.2, 0.25) is 0 Å². The molecule has 2 rings (SSSR count). The van der Waals surface area contributed by atoms with Crippen LogP contribution in [0.15, 0.2) is 39.0 Å². The second-order valence-corrected chi connectivity index (χ2v) is 5.05. The molecule has 0 spiro atoms. The Morgan fingerprint density at radius 1 is 1.38 bits per heavy atom. The smallest absolute Gasteiger partial charge is 0.339 e. The van der Waals surface area contributed by atoms with Crippen molar-refractivity contribution in [1.82, 2.24) is 14.8 Å². The van der Waals surface area contributed by atoms with Gasteiger partial charge in [-0.15, -0.1) is 0 Å². The monoisotopic (exact) mass is 303 g/mol. The van der Waals surface area contributed by atoms with E-state index in [1.807, 2.05) is 24.3 Å². The summed E-state index contributed by atoms with van der Waals surface area (Å²) < 4.78 is 1.41. The van der Waals surface area contributed by atoms with Crippen LogP contribution in [0.4, 0.5) is 0 Å². The molecule has 0 fully saturated rings. The standard InChI is InChI=1S/C14H13N3O3S/c1-17-14(15-12(19)13(20)16-17)21-9-11-6-3-2-5-10(11)7-4-8-18/h2-3,5-6,18H,8-9H2,1H3,(H,16,20). The van der Waals surface area contributed by atoms with Crippen molar-refractivity contribution in [3.63, 3.8) is 0 Å². The highest BCUT2D eigenvalue weighted by atomic mass is 32.2. The maximum absolute atomic E-state index is 11.3. The van der Waals surface area contributed by atoms with Gasteiger partial charge in [0.1, 0.15) is 6.61 Å². The number of nitrogens with one attached hydrogen (secondary N) is 1. The topological polar surface area (TPSA) is 88.0 Å². The summed E-state index contributed by atoms with van der Waals surface area (Å²) in [4.78, 5) is 26.1. The Bertz CT molecular complexity index is 814. The molecule has 0 radical (unpaired) electrons. The molecule has 1 heterocycles. The SMILES string of the molecule is Cn1[nH]c(=O)c(=O)nc1SCc1ccccc1C#CCO. The number of hydrogen-bond donors (Lipinski definition) is 2. The third-order valence-electron chi connectivity index (χ3n) is 2.62. The predicted molar refractivity (Wildman–Crippen MR) is 80.1 cm³/mol. The van der Waals surface area contributed by atoms with Crippen molar-refractivity contribution in [1.29, 1.82) is 0 Å². The van der Waals surface area contributed by atoms with Crippen LogP contribution in [0.5, 0.6) is 0 Å². The first-order valence-corrected chi connectivity index (χ1v) is 7.08. The molecule has 6 nitrogen and oxygen atoms in total. The molecule has 2 N–H and O–H groups in total. The Morgan fingerprint density at radius 3 is 2.90 bits per heavy atom. The van der Waals surface area contributed by atoms with Gasteiger partial charge >= 0.3 is 11.1 Å². The predicted octanol–water partition coefficient (Wildman–Crippen LogP) is 0.105. The number of thioether (sulfide) groups is 1. The van der Waals surface area contributed by atoms with E-state index >= 15 is 0 Å². The second kappa shape index (κ2) is 6.92. The first-order valence-electron chi connectivity index (χ1n) is 6.09. The van der Waals surface area contributed by atoms with Crippen LogP contribution in [0.3, 0.4) is 0 Å². The minimum absolute atomic E-state index is 0.197. The van der Waals surface area contributed by atoms with Gasteiger partial charge in [-0.25, -0.2) is 0 Å². The van der Waals surface area contributed by atoms with Crippen LogP contribution in [0.25, 0.3) is 0 Å². The Hall–Kier alpha value is -2.30. The van der Waals surface area contributed by atoms with E-state index in [1.54, 1.807) is 7.05 Å². The molecule has 21 heavy (non-hydrogen) atoms. The van der Waals surface area contributed by atoms with Gasteiger partial charge in [0.05, 0.1) is 0 Å². The number of nitrogens with zero attached hydrogens (tertiary/aromatic N) is 2. The molecule has 0 saturated heterocycles. The Balaban J connectivity index is 2.23. The number of hydrogen-bond acceptors (Lipinski definition) is 5. The Labute approximate surface area is 124 Å². The zero-order valence-electron chi connectivity index (χ0n) is 11.3. The van der Waals surface area contributed by atoms with Gasteiger partial charge in [-0.2, -0.15) is 4.98 Å². The lowest BCUT2D eigenvalue weighted by molar-refractivity contribution is 0.350. The molecule has 0 saturated carbocycles. The van der Waals surface area contributed by atoms with Crippen LogP contribution in [0, 0.1) is 11.8 Å². The first kappa shape index (κ1) is 15.1. The lowest BCUT2D eigenvalue weighted by Gasteiger charge is -2.07. The molecule has 0 unspecified atom stereocenters. The molecule has 2 aromatic rings. The summed E-state index contributed by atoms with van der Waals surface area (Å²) >= 11 is 1.32. The largest absolute Gasteiger partial charge is 0.384 e. The van der Waals surface area contributed by atoms with Crippen molar-refractivity contribution in [2.75, 3.05) is 6.61 Å². The third-order valence-corrected chi connectivity index (χ3v) is 3.70. The minimum Gasteiger partial charge on any atom is -0.384 e. The Kier molecular flexibility index (Phi) is 4.98.